The maximum absolute atomic E-state index is 12.3. The van der Waals surface area contributed by atoms with Gasteiger partial charge in [0.2, 0.25) is 0 Å². The van der Waals surface area contributed by atoms with Gasteiger partial charge in [0.15, 0.2) is 0 Å². The third-order valence-corrected chi connectivity index (χ3v) is 4.69. The topological polar surface area (TPSA) is 32.3 Å². The Hall–Kier alpha value is -0.730. The zero-order valence-electron chi connectivity index (χ0n) is 12.0. The Labute approximate surface area is 111 Å². The highest BCUT2D eigenvalue weighted by atomic mass is 16.2. The fraction of sp³-hybridized carbons (Fsp3) is 0.933. The summed E-state index contributed by atoms with van der Waals surface area (Å²) in [6.45, 7) is 5.24. The van der Waals surface area contributed by atoms with E-state index in [0.29, 0.717) is 12.1 Å². The van der Waals surface area contributed by atoms with Crippen molar-refractivity contribution in [1.82, 2.24) is 10.2 Å². The fourth-order valence-corrected chi connectivity index (χ4v) is 3.54. The molecule has 2 fully saturated rings. The van der Waals surface area contributed by atoms with E-state index in [1.807, 2.05) is 0 Å². The molecule has 2 atom stereocenters. The molecule has 3 nitrogen and oxygen atoms in total. The first-order valence-electron chi connectivity index (χ1n) is 7.74. The summed E-state index contributed by atoms with van der Waals surface area (Å²) in [5.41, 5.74) is 0. The Morgan fingerprint density at radius 2 is 1.61 bits per heavy atom. The summed E-state index contributed by atoms with van der Waals surface area (Å²) < 4.78 is 0. The minimum atomic E-state index is 0.167. The quantitative estimate of drug-likeness (QED) is 0.801. The third kappa shape index (κ3) is 3.39. The van der Waals surface area contributed by atoms with Crippen LogP contribution in [0.3, 0.4) is 0 Å². The van der Waals surface area contributed by atoms with Gasteiger partial charge in [-0.15, -0.1) is 0 Å². The molecular formula is C15H28N2O. The van der Waals surface area contributed by atoms with Crippen molar-refractivity contribution in [2.24, 2.45) is 5.92 Å². The van der Waals surface area contributed by atoms with Crippen molar-refractivity contribution in [3.63, 3.8) is 0 Å². The van der Waals surface area contributed by atoms with Crippen LogP contribution < -0.4 is 5.32 Å². The van der Waals surface area contributed by atoms with Gasteiger partial charge in [0, 0.05) is 18.6 Å². The zero-order chi connectivity index (χ0) is 13.0. The minimum absolute atomic E-state index is 0.167. The van der Waals surface area contributed by atoms with E-state index in [1.54, 1.807) is 0 Å². The highest BCUT2D eigenvalue weighted by Crippen LogP contribution is 2.24. The monoisotopic (exact) mass is 252 g/mol. The molecule has 1 aliphatic heterocycles. The molecule has 0 aromatic carbocycles. The second kappa shape index (κ2) is 6.44. The number of hydrogen-bond acceptors (Lipinski definition) is 1. The Balaban J connectivity index is 1.79. The van der Waals surface area contributed by atoms with E-state index >= 15 is 0 Å². The predicted octanol–water partition coefficient (Wildman–Crippen LogP) is 3.54. The lowest BCUT2D eigenvalue weighted by Crippen LogP contribution is -2.52. The van der Waals surface area contributed by atoms with Crippen LogP contribution in [0.5, 0.6) is 0 Å². The zero-order valence-corrected chi connectivity index (χ0v) is 12.0. The summed E-state index contributed by atoms with van der Waals surface area (Å²) in [6, 6.07) is 0.973. The molecule has 1 saturated carbocycles. The largest absolute Gasteiger partial charge is 0.338 e. The Bertz CT molecular complexity index is 264. The fourth-order valence-electron chi connectivity index (χ4n) is 3.54. The highest BCUT2D eigenvalue weighted by molar-refractivity contribution is 5.75. The van der Waals surface area contributed by atoms with Gasteiger partial charge in [0.05, 0.1) is 0 Å². The van der Waals surface area contributed by atoms with Crippen molar-refractivity contribution < 1.29 is 4.79 Å². The maximum atomic E-state index is 12.3. The van der Waals surface area contributed by atoms with Gasteiger partial charge in [-0.05, 0) is 51.9 Å². The van der Waals surface area contributed by atoms with Gasteiger partial charge < -0.3 is 10.2 Å². The van der Waals surface area contributed by atoms with Crippen molar-refractivity contribution in [2.75, 3.05) is 6.54 Å². The number of hydrogen-bond donors (Lipinski definition) is 1. The third-order valence-electron chi connectivity index (χ3n) is 4.69. The van der Waals surface area contributed by atoms with Crippen LogP contribution >= 0.6 is 0 Å². The first-order valence-corrected chi connectivity index (χ1v) is 7.74. The number of nitrogens with one attached hydrogen (secondary N) is 1. The molecule has 1 N–H and O–H groups in total. The van der Waals surface area contributed by atoms with Gasteiger partial charge >= 0.3 is 6.03 Å². The normalized spacial score (nSPS) is 30.2. The summed E-state index contributed by atoms with van der Waals surface area (Å²) in [4.78, 5) is 14.3. The SMILES string of the molecule is CC1CCCC(C)N1C(=O)NCC1CCCCC1. The number of likely N-dealkylation sites (tertiary alicyclic amines) is 1. The van der Waals surface area contributed by atoms with Crippen LogP contribution in [-0.4, -0.2) is 29.6 Å². The van der Waals surface area contributed by atoms with Gasteiger partial charge in [-0.2, -0.15) is 0 Å². The first kappa shape index (κ1) is 13.7. The molecule has 1 saturated heterocycles. The number of carbonyl (C=O) groups is 1. The molecule has 2 aliphatic rings. The first-order chi connectivity index (χ1) is 8.68. The molecule has 0 radical (unpaired) electrons. The summed E-state index contributed by atoms with van der Waals surface area (Å²) in [7, 11) is 0. The highest BCUT2D eigenvalue weighted by Gasteiger charge is 2.29. The molecule has 1 heterocycles. The number of nitrogens with zero attached hydrogens (tertiary/aromatic N) is 1. The molecule has 0 spiro atoms. The van der Waals surface area contributed by atoms with E-state index in [0.717, 1.165) is 25.3 Å². The predicted molar refractivity (Wildman–Crippen MR) is 74.6 cm³/mol. The molecule has 2 amide bonds. The van der Waals surface area contributed by atoms with Gasteiger partial charge in [-0.1, -0.05) is 19.3 Å². The number of urea groups is 1. The van der Waals surface area contributed by atoms with Crippen molar-refractivity contribution in [3.8, 4) is 0 Å². The Morgan fingerprint density at radius 3 is 2.22 bits per heavy atom. The maximum Gasteiger partial charge on any atom is 0.317 e. The van der Waals surface area contributed by atoms with Gasteiger partial charge in [-0.3, -0.25) is 0 Å². The van der Waals surface area contributed by atoms with Crippen LogP contribution in [0.2, 0.25) is 0 Å². The van der Waals surface area contributed by atoms with E-state index in [1.165, 1.54) is 38.5 Å². The van der Waals surface area contributed by atoms with Crippen molar-refractivity contribution in [3.05, 3.63) is 0 Å². The van der Waals surface area contributed by atoms with E-state index in [-0.39, 0.29) is 6.03 Å². The van der Waals surface area contributed by atoms with E-state index in [4.69, 9.17) is 0 Å². The van der Waals surface area contributed by atoms with Crippen LogP contribution in [0.4, 0.5) is 4.79 Å². The molecule has 1 aliphatic carbocycles. The summed E-state index contributed by atoms with van der Waals surface area (Å²) in [6.07, 6.45) is 10.2. The van der Waals surface area contributed by atoms with E-state index in [9.17, 15) is 4.79 Å². The molecule has 0 aromatic heterocycles. The molecule has 3 heteroatoms. The molecule has 2 unspecified atom stereocenters. The van der Waals surface area contributed by atoms with Crippen LogP contribution in [-0.2, 0) is 0 Å². The van der Waals surface area contributed by atoms with Crippen LogP contribution in [0, 0.1) is 5.92 Å². The smallest absolute Gasteiger partial charge is 0.317 e. The second-order valence-electron chi connectivity index (χ2n) is 6.23. The van der Waals surface area contributed by atoms with Crippen LogP contribution in [0.1, 0.15) is 65.2 Å². The van der Waals surface area contributed by atoms with Crippen LogP contribution in [0.25, 0.3) is 0 Å². The average Bonchev–Trinajstić information content (AvgIpc) is 2.37. The van der Waals surface area contributed by atoms with Crippen LogP contribution in [0.15, 0.2) is 0 Å². The van der Waals surface area contributed by atoms with E-state index < -0.39 is 0 Å². The summed E-state index contributed by atoms with van der Waals surface area (Å²) in [5, 5.41) is 3.17. The molecule has 18 heavy (non-hydrogen) atoms. The number of amides is 2. The van der Waals surface area contributed by atoms with Crippen molar-refractivity contribution >= 4 is 6.03 Å². The minimum Gasteiger partial charge on any atom is -0.338 e. The lowest BCUT2D eigenvalue weighted by Gasteiger charge is -2.39. The molecule has 2 rings (SSSR count). The molecular weight excluding hydrogens is 224 g/mol. The lowest BCUT2D eigenvalue weighted by molar-refractivity contribution is 0.121. The number of carbonyl (C=O) groups excluding carboxylic acids is 1. The van der Waals surface area contributed by atoms with Gasteiger partial charge in [0.25, 0.3) is 0 Å². The van der Waals surface area contributed by atoms with E-state index in [2.05, 4.69) is 24.1 Å². The molecule has 0 bridgehead atoms. The number of rotatable bonds is 2. The molecule has 104 valence electrons. The Kier molecular flexibility index (Phi) is 4.90. The van der Waals surface area contributed by atoms with Gasteiger partial charge in [-0.25, -0.2) is 4.79 Å². The number of piperidine rings is 1. The summed E-state index contributed by atoms with van der Waals surface area (Å²) in [5.74, 6) is 0.720. The average molecular weight is 252 g/mol. The Morgan fingerprint density at radius 1 is 1.00 bits per heavy atom. The standard InChI is InChI=1S/C15H28N2O/c1-12-7-6-8-13(2)17(12)15(18)16-11-14-9-4-3-5-10-14/h12-14H,3-11H2,1-2H3,(H,16,18). The van der Waals surface area contributed by atoms with Crippen molar-refractivity contribution in [2.45, 2.75) is 77.3 Å². The lowest BCUT2D eigenvalue weighted by atomic mass is 9.89. The second-order valence-corrected chi connectivity index (χ2v) is 6.23. The molecule has 0 aromatic rings. The van der Waals surface area contributed by atoms with Crippen molar-refractivity contribution in [1.29, 1.82) is 0 Å². The summed E-state index contributed by atoms with van der Waals surface area (Å²) >= 11 is 0. The van der Waals surface area contributed by atoms with Gasteiger partial charge in [0.1, 0.15) is 0 Å².